The van der Waals surface area contributed by atoms with Gasteiger partial charge in [0.25, 0.3) is 0 Å². The van der Waals surface area contributed by atoms with Gasteiger partial charge >= 0.3 is 0 Å². The number of para-hydroxylation sites is 1. The number of morpholine rings is 1. The first-order valence-electron chi connectivity index (χ1n) is 10.9. The fraction of sp³-hybridized carbons (Fsp3) is 0.192. The van der Waals surface area contributed by atoms with Gasteiger partial charge in [0, 0.05) is 42.1 Å². The number of aldehydes is 1. The Morgan fingerprint density at radius 2 is 1.79 bits per heavy atom. The molecule has 5 rings (SSSR count). The molecule has 0 bridgehead atoms. The van der Waals surface area contributed by atoms with Crippen molar-refractivity contribution in [3.05, 3.63) is 78.0 Å². The van der Waals surface area contributed by atoms with Gasteiger partial charge in [-0.1, -0.05) is 29.8 Å². The van der Waals surface area contributed by atoms with Crippen molar-refractivity contribution in [1.82, 2.24) is 9.97 Å². The minimum absolute atomic E-state index is 0.281. The van der Waals surface area contributed by atoms with Crippen molar-refractivity contribution in [2.75, 3.05) is 36.5 Å². The third kappa shape index (κ3) is 5.32. The van der Waals surface area contributed by atoms with Crippen molar-refractivity contribution >= 4 is 45.9 Å². The quantitative estimate of drug-likeness (QED) is 0.292. The lowest BCUT2D eigenvalue weighted by Crippen LogP contribution is -2.36. The van der Waals surface area contributed by atoms with Crippen LogP contribution in [0.2, 0.25) is 5.15 Å². The minimum atomic E-state index is -0.351. The smallest absolute Gasteiger partial charge is 0.152 e. The molecule has 3 heterocycles. The molecule has 1 aliphatic heterocycles. The van der Waals surface area contributed by atoms with Crippen LogP contribution in [0.15, 0.2) is 67.0 Å². The van der Waals surface area contributed by atoms with E-state index in [2.05, 4.69) is 26.3 Å². The SMILES string of the molecule is CC=O.Fc1ccccc1Nc1cc(-c2ccc3nccc(N4CCOCC4)c3c2)cnc1Cl. The first-order chi connectivity index (χ1) is 16.6. The molecule has 0 unspecified atom stereocenters. The van der Waals surface area contributed by atoms with Gasteiger partial charge in [-0.3, -0.25) is 4.98 Å². The van der Waals surface area contributed by atoms with Crippen molar-refractivity contribution in [1.29, 1.82) is 0 Å². The Balaban J connectivity index is 0.000000868. The van der Waals surface area contributed by atoms with Gasteiger partial charge in [-0.15, -0.1) is 0 Å². The zero-order valence-corrected chi connectivity index (χ0v) is 19.4. The van der Waals surface area contributed by atoms with E-state index < -0.39 is 0 Å². The van der Waals surface area contributed by atoms with Gasteiger partial charge in [0.05, 0.1) is 30.1 Å². The first kappa shape index (κ1) is 23.6. The van der Waals surface area contributed by atoms with Crippen molar-refractivity contribution < 1.29 is 13.9 Å². The molecule has 1 saturated heterocycles. The highest BCUT2D eigenvalue weighted by Gasteiger charge is 2.15. The standard InChI is InChI=1S/C24H20ClFN4O.C2H4O/c25-24-22(29-21-4-2-1-3-19(21)26)14-17(15-28-24)16-5-6-20-18(13-16)23(7-8-27-20)30-9-11-31-12-10-30;1-2-3/h1-8,13-15,29H,9-12H2;2H,1H3. The summed E-state index contributed by atoms with van der Waals surface area (Å²) in [6, 6.07) is 16.5. The number of nitrogens with one attached hydrogen (secondary N) is 1. The second-order valence-corrected chi connectivity index (χ2v) is 7.92. The Bertz CT molecular complexity index is 1300. The van der Waals surface area contributed by atoms with E-state index in [0.29, 0.717) is 11.4 Å². The van der Waals surface area contributed by atoms with Crippen molar-refractivity contribution in [3.8, 4) is 11.1 Å². The summed E-state index contributed by atoms with van der Waals surface area (Å²) in [5.74, 6) is -0.351. The molecule has 0 aliphatic carbocycles. The number of pyridine rings is 2. The van der Waals surface area contributed by atoms with Gasteiger partial charge in [-0.05, 0) is 48.9 Å². The highest BCUT2D eigenvalue weighted by atomic mass is 35.5. The topological polar surface area (TPSA) is 67.4 Å². The number of benzene rings is 2. The number of aromatic nitrogens is 2. The van der Waals surface area contributed by atoms with Crippen LogP contribution < -0.4 is 10.2 Å². The molecular weight excluding hydrogens is 455 g/mol. The minimum Gasteiger partial charge on any atom is -0.378 e. The number of hydrogen-bond donors (Lipinski definition) is 1. The summed E-state index contributed by atoms with van der Waals surface area (Å²) in [5, 5.41) is 4.40. The van der Waals surface area contributed by atoms with Gasteiger partial charge in [-0.2, -0.15) is 0 Å². The highest BCUT2D eigenvalue weighted by Crippen LogP contribution is 2.33. The molecule has 1 N–H and O–H groups in total. The van der Waals surface area contributed by atoms with E-state index in [9.17, 15) is 4.39 Å². The van der Waals surface area contributed by atoms with E-state index in [4.69, 9.17) is 21.1 Å². The Morgan fingerprint density at radius 1 is 1.03 bits per heavy atom. The second-order valence-electron chi connectivity index (χ2n) is 7.56. The Morgan fingerprint density at radius 3 is 2.56 bits per heavy atom. The molecule has 0 atom stereocenters. The van der Waals surface area contributed by atoms with Crippen LogP contribution in [0.1, 0.15) is 6.92 Å². The summed E-state index contributed by atoms with van der Waals surface area (Å²) >= 11 is 6.28. The van der Waals surface area contributed by atoms with Crippen LogP contribution in [0, 0.1) is 5.82 Å². The van der Waals surface area contributed by atoms with Crippen LogP contribution in [0.5, 0.6) is 0 Å². The maximum atomic E-state index is 14.1. The lowest BCUT2D eigenvalue weighted by molar-refractivity contribution is -0.106. The molecule has 6 nitrogen and oxygen atoms in total. The summed E-state index contributed by atoms with van der Waals surface area (Å²) in [4.78, 5) is 20.0. The fourth-order valence-electron chi connectivity index (χ4n) is 3.79. The van der Waals surface area contributed by atoms with Gasteiger partial charge in [0.1, 0.15) is 12.1 Å². The number of halogens is 2. The summed E-state index contributed by atoms with van der Waals surface area (Å²) in [7, 11) is 0. The molecule has 2 aromatic carbocycles. The van der Waals surface area contributed by atoms with Crippen LogP contribution in [0.3, 0.4) is 0 Å². The van der Waals surface area contributed by atoms with E-state index in [-0.39, 0.29) is 11.0 Å². The van der Waals surface area contributed by atoms with E-state index in [1.165, 1.54) is 13.0 Å². The van der Waals surface area contributed by atoms with Crippen LogP contribution in [-0.2, 0) is 9.53 Å². The van der Waals surface area contributed by atoms with Gasteiger partial charge < -0.3 is 19.7 Å². The molecule has 34 heavy (non-hydrogen) atoms. The van der Waals surface area contributed by atoms with Crippen molar-refractivity contribution in [2.24, 2.45) is 0 Å². The number of anilines is 3. The first-order valence-corrected chi connectivity index (χ1v) is 11.3. The number of ether oxygens (including phenoxy) is 1. The highest BCUT2D eigenvalue weighted by molar-refractivity contribution is 6.32. The predicted octanol–water partition coefficient (Wildman–Crippen LogP) is 5.87. The largest absolute Gasteiger partial charge is 0.378 e. The predicted molar refractivity (Wildman–Crippen MR) is 134 cm³/mol. The lowest BCUT2D eigenvalue weighted by Gasteiger charge is -2.29. The summed E-state index contributed by atoms with van der Waals surface area (Å²) in [6.45, 7) is 4.58. The number of rotatable bonds is 4. The molecule has 4 aromatic rings. The normalized spacial score (nSPS) is 13.2. The molecule has 0 spiro atoms. The third-order valence-corrected chi connectivity index (χ3v) is 5.69. The zero-order chi connectivity index (χ0) is 23.9. The van der Waals surface area contributed by atoms with Crippen LogP contribution in [0.4, 0.5) is 21.5 Å². The Hall–Kier alpha value is -3.55. The maximum Gasteiger partial charge on any atom is 0.152 e. The molecule has 8 heteroatoms. The fourth-order valence-corrected chi connectivity index (χ4v) is 3.94. The molecule has 0 radical (unpaired) electrons. The van der Waals surface area contributed by atoms with Crippen LogP contribution in [-0.4, -0.2) is 42.6 Å². The van der Waals surface area contributed by atoms with E-state index >= 15 is 0 Å². The molecule has 1 aliphatic rings. The molecule has 174 valence electrons. The van der Waals surface area contributed by atoms with Crippen molar-refractivity contribution in [2.45, 2.75) is 6.92 Å². The van der Waals surface area contributed by atoms with Crippen LogP contribution in [0.25, 0.3) is 22.0 Å². The summed E-state index contributed by atoms with van der Waals surface area (Å²) in [5.41, 5.74) is 4.82. The van der Waals surface area contributed by atoms with Gasteiger partial charge in [-0.25, -0.2) is 9.37 Å². The molecule has 1 fully saturated rings. The molecule has 0 amide bonds. The summed E-state index contributed by atoms with van der Waals surface area (Å²) in [6.07, 6.45) is 4.31. The van der Waals surface area contributed by atoms with E-state index in [1.54, 1.807) is 24.4 Å². The number of carbonyl (C=O) groups is 1. The van der Waals surface area contributed by atoms with Crippen molar-refractivity contribution in [3.63, 3.8) is 0 Å². The average molecular weight is 479 g/mol. The molecular formula is C26H24ClFN4O2. The Labute approximate surface area is 202 Å². The number of hydrogen-bond acceptors (Lipinski definition) is 6. The molecule has 0 saturated carbocycles. The maximum absolute atomic E-state index is 14.1. The van der Waals surface area contributed by atoms with Gasteiger partial charge in [0.2, 0.25) is 0 Å². The van der Waals surface area contributed by atoms with Crippen LogP contribution >= 0.6 is 11.6 Å². The number of carbonyl (C=O) groups excluding carboxylic acids is 1. The number of fused-ring (bicyclic) bond motifs is 1. The second kappa shape index (κ2) is 11.0. The van der Waals surface area contributed by atoms with Gasteiger partial charge in [0.15, 0.2) is 5.15 Å². The summed E-state index contributed by atoms with van der Waals surface area (Å²) < 4.78 is 19.6. The molecule has 2 aromatic heterocycles. The zero-order valence-electron chi connectivity index (χ0n) is 18.7. The number of nitrogens with zero attached hydrogens (tertiary/aromatic N) is 3. The van der Waals surface area contributed by atoms with E-state index in [0.717, 1.165) is 60.3 Å². The average Bonchev–Trinajstić information content (AvgIpc) is 2.87. The third-order valence-electron chi connectivity index (χ3n) is 5.39. The lowest BCUT2D eigenvalue weighted by atomic mass is 10.0. The Kier molecular flexibility index (Phi) is 7.67. The monoisotopic (exact) mass is 478 g/mol. The van der Waals surface area contributed by atoms with E-state index in [1.807, 2.05) is 30.5 Å².